The van der Waals surface area contributed by atoms with Gasteiger partial charge >= 0.3 is 0 Å². The second-order valence-corrected chi connectivity index (χ2v) is 3.60. The van der Waals surface area contributed by atoms with Gasteiger partial charge in [-0.3, -0.25) is 0 Å². The molecule has 0 saturated carbocycles. The summed E-state index contributed by atoms with van der Waals surface area (Å²) in [5.41, 5.74) is 8.44. The predicted octanol–water partition coefficient (Wildman–Crippen LogP) is 1.92. The summed E-state index contributed by atoms with van der Waals surface area (Å²) >= 11 is 0. The van der Waals surface area contributed by atoms with Crippen LogP contribution in [-0.2, 0) is 12.8 Å². The second kappa shape index (κ2) is 3.75. The van der Waals surface area contributed by atoms with Crippen molar-refractivity contribution in [3.8, 4) is 0 Å². The molecular formula is C12H15N. The Morgan fingerprint density at radius 2 is 1.85 bits per heavy atom. The van der Waals surface area contributed by atoms with E-state index >= 15 is 0 Å². The molecule has 68 valence electrons. The first kappa shape index (κ1) is 8.52. The van der Waals surface area contributed by atoms with E-state index in [1.165, 1.54) is 24.0 Å². The molecule has 0 radical (unpaired) electrons. The van der Waals surface area contributed by atoms with Crippen LogP contribution in [0.2, 0.25) is 0 Å². The van der Waals surface area contributed by atoms with E-state index < -0.39 is 0 Å². The molecule has 0 atom stereocenters. The third kappa shape index (κ3) is 1.81. The molecule has 2 N–H and O–H groups in total. The van der Waals surface area contributed by atoms with E-state index in [2.05, 4.69) is 36.4 Å². The molecule has 1 aliphatic rings. The fourth-order valence-electron chi connectivity index (χ4n) is 2.00. The van der Waals surface area contributed by atoms with E-state index in [1.807, 2.05) is 0 Å². The number of hydrogen-bond acceptors (Lipinski definition) is 1. The molecule has 0 unspecified atom stereocenters. The van der Waals surface area contributed by atoms with Crippen molar-refractivity contribution in [2.45, 2.75) is 12.8 Å². The Morgan fingerprint density at radius 3 is 2.38 bits per heavy atom. The lowest BCUT2D eigenvalue weighted by Crippen LogP contribution is -1.98. The van der Waals surface area contributed by atoms with Crippen LogP contribution in [0, 0.1) is 5.92 Å². The lowest BCUT2D eigenvalue weighted by atomic mass is 10.1. The van der Waals surface area contributed by atoms with E-state index in [1.54, 1.807) is 0 Å². The summed E-state index contributed by atoms with van der Waals surface area (Å²) in [4.78, 5) is 0. The van der Waals surface area contributed by atoms with Crippen LogP contribution in [0.5, 0.6) is 0 Å². The van der Waals surface area contributed by atoms with E-state index in [0.717, 1.165) is 0 Å². The highest BCUT2D eigenvalue weighted by molar-refractivity contribution is 5.33. The minimum Gasteiger partial charge on any atom is -0.327 e. The first-order chi connectivity index (χ1) is 6.40. The number of rotatable bonds is 2. The predicted molar refractivity (Wildman–Crippen MR) is 55.5 cm³/mol. The third-order valence-corrected chi connectivity index (χ3v) is 2.63. The Hall–Kier alpha value is -1.08. The van der Waals surface area contributed by atoms with Crippen LogP contribution in [0.4, 0.5) is 0 Å². The maximum absolute atomic E-state index is 5.42. The van der Waals surface area contributed by atoms with Crippen LogP contribution in [-0.4, -0.2) is 6.54 Å². The molecule has 0 fully saturated rings. The summed E-state index contributed by atoms with van der Waals surface area (Å²) in [7, 11) is 0. The summed E-state index contributed by atoms with van der Waals surface area (Å²) in [6.45, 7) is 0.660. The van der Waals surface area contributed by atoms with E-state index in [-0.39, 0.29) is 0 Å². The van der Waals surface area contributed by atoms with Crippen molar-refractivity contribution in [2.24, 2.45) is 11.7 Å². The molecule has 1 heteroatoms. The van der Waals surface area contributed by atoms with E-state index in [4.69, 9.17) is 5.73 Å². The Kier molecular flexibility index (Phi) is 2.46. The first-order valence-electron chi connectivity index (χ1n) is 4.83. The number of allylic oxidation sites excluding steroid dienone is 1. The zero-order valence-electron chi connectivity index (χ0n) is 7.74. The van der Waals surface area contributed by atoms with Crippen molar-refractivity contribution >= 4 is 0 Å². The van der Waals surface area contributed by atoms with Crippen LogP contribution < -0.4 is 5.73 Å². The number of benzene rings is 1. The summed E-state index contributed by atoms with van der Waals surface area (Å²) in [5.74, 6) is 0.681. The third-order valence-electron chi connectivity index (χ3n) is 2.63. The molecule has 1 nitrogen and oxygen atoms in total. The van der Waals surface area contributed by atoms with Gasteiger partial charge in [0.15, 0.2) is 0 Å². The molecule has 0 spiro atoms. The van der Waals surface area contributed by atoms with Crippen LogP contribution in [0.25, 0.3) is 0 Å². The van der Waals surface area contributed by atoms with Gasteiger partial charge in [-0.25, -0.2) is 0 Å². The maximum atomic E-state index is 5.42. The van der Waals surface area contributed by atoms with Gasteiger partial charge in [0.25, 0.3) is 0 Å². The van der Waals surface area contributed by atoms with E-state index in [0.29, 0.717) is 12.5 Å². The van der Waals surface area contributed by atoms with Crippen LogP contribution in [0.3, 0.4) is 0 Å². The van der Waals surface area contributed by atoms with Crippen molar-refractivity contribution in [3.05, 3.63) is 47.5 Å². The summed E-state index contributed by atoms with van der Waals surface area (Å²) in [6, 6.07) is 8.69. The molecule has 0 heterocycles. The fraction of sp³-hybridized carbons (Fsp3) is 0.333. The van der Waals surface area contributed by atoms with Crippen LogP contribution in [0.1, 0.15) is 11.1 Å². The molecule has 0 amide bonds. The molecule has 1 aromatic carbocycles. The molecule has 1 aliphatic carbocycles. The summed E-state index contributed by atoms with van der Waals surface area (Å²) in [6.07, 6.45) is 6.69. The average molecular weight is 173 g/mol. The Bertz CT molecular complexity index is 290. The van der Waals surface area contributed by atoms with Gasteiger partial charge in [0.05, 0.1) is 0 Å². The zero-order valence-corrected chi connectivity index (χ0v) is 7.74. The molecular weight excluding hydrogens is 158 g/mol. The smallest absolute Gasteiger partial charge is 0.0106 e. The molecule has 2 rings (SSSR count). The monoisotopic (exact) mass is 173 g/mol. The molecule has 13 heavy (non-hydrogen) atoms. The van der Waals surface area contributed by atoms with Crippen molar-refractivity contribution in [2.75, 3.05) is 6.54 Å². The summed E-state index contributed by atoms with van der Waals surface area (Å²) in [5, 5.41) is 0. The van der Waals surface area contributed by atoms with Gasteiger partial charge in [0, 0.05) is 6.54 Å². The lowest BCUT2D eigenvalue weighted by molar-refractivity contribution is 0.702. The quantitative estimate of drug-likeness (QED) is 0.679. The first-order valence-corrected chi connectivity index (χ1v) is 4.83. The number of hydrogen-bond donors (Lipinski definition) is 1. The van der Waals surface area contributed by atoms with Gasteiger partial charge in [-0.2, -0.15) is 0 Å². The minimum absolute atomic E-state index is 0.660. The topological polar surface area (TPSA) is 26.0 Å². The van der Waals surface area contributed by atoms with Gasteiger partial charge in [0.2, 0.25) is 0 Å². The highest BCUT2D eigenvalue weighted by Crippen LogP contribution is 2.26. The van der Waals surface area contributed by atoms with Gasteiger partial charge in [-0.1, -0.05) is 36.4 Å². The van der Waals surface area contributed by atoms with E-state index in [9.17, 15) is 0 Å². The van der Waals surface area contributed by atoms with Gasteiger partial charge in [-0.05, 0) is 29.9 Å². The van der Waals surface area contributed by atoms with Gasteiger partial charge in [0.1, 0.15) is 0 Å². The maximum Gasteiger partial charge on any atom is 0.0106 e. The van der Waals surface area contributed by atoms with Crippen molar-refractivity contribution in [1.29, 1.82) is 0 Å². The zero-order chi connectivity index (χ0) is 9.10. The Labute approximate surface area is 79.3 Å². The van der Waals surface area contributed by atoms with Crippen molar-refractivity contribution in [1.82, 2.24) is 0 Å². The largest absolute Gasteiger partial charge is 0.327 e. The summed E-state index contributed by atoms with van der Waals surface area (Å²) < 4.78 is 0. The van der Waals surface area contributed by atoms with Gasteiger partial charge < -0.3 is 5.73 Å². The molecule has 0 saturated heterocycles. The fourth-order valence-corrected chi connectivity index (χ4v) is 2.00. The number of fused-ring (bicyclic) bond motifs is 1. The molecule has 0 aromatic heterocycles. The molecule has 0 bridgehead atoms. The van der Waals surface area contributed by atoms with Crippen molar-refractivity contribution in [3.63, 3.8) is 0 Å². The van der Waals surface area contributed by atoms with Gasteiger partial charge in [-0.15, -0.1) is 0 Å². The van der Waals surface area contributed by atoms with Crippen molar-refractivity contribution < 1.29 is 0 Å². The average Bonchev–Trinajstić information content (AvgIpc) is 2.57. The normalized spacial score (nSPS) is 16.7. The SMILES string of the molecule is NC/C=C/C1Cc2ccccc2C1. The Balaban J connectivity index is 2.09. The van der Waals surface area contributed by atoms with Crippen LogP contribution in [0.15, 0.2) is 36.4 Å². The molecule has 1 aromatic rings. The highest BCUT2D eigenvalue weighted by atomic mass is 14.5. The standard InChI is InChI=1S/C12H15N/c13-7-3-4-10-8-11-5-1-2-6-12(11)9-10/h1-6,10H,7-9,13H2/b4-3+. The highest BCUT2D eigenvalue weighted by Gasteiger charge is 2.17. The Morgan fingerprint density at radius 1 is 1.23 bits per heavy atom. The molecule has 0 aliphatic heterocycles. The van der Waals surface area contributed by atoms with Crippen LogP contribution >= 0.6 is 0 Å². The lowest BCUT2D eigenvalue weighted by Gasteiger charge is -1.99. The number of nitrogens with two attached hydrogens (primary N) is 1. The second-order valence-electron chi connectivity index (χ2n) is 3.60. The minimum atomic E-state index is 0.660.